The number of amides is 1. The van der Waals surface area contributed by atoms with Gasteiger partial charge in [-0.05, 0) is 23.1 Å². The minimum atomic E-state index is -0.435. The van der Waals surface area contributed by atoms with E-state index in [0.29, 0.717) is 12.5 Å². The summed E-state index contributed by atoms with van der Waals surface area (Å²) in [6, 6.07) is 8.05. The SMILES string of the molecule is COC(=O)C(C)CN(CCOCCO)C(=O)/C=C/c1ccc(C(C)C)cc1. The molecular weight excluding hydrogens is 346 g/mol. The van der Waals surface area contributed by atoms with E-state index < -0.39 is 5.92 Å². The first-order valence-corrected chi connectivity index (χ1v) is 9.22. The van der Waals surface area contributed by atoms with Crippen LogP contribution < -0.4 is 0 Å². The Morgan fingerprint density at radius 2 is 1.81 bits per heavy atom. The molecule has 150 valence electrons. The molecule has 1 amide bonds. The fraction of sp³-hybridized carbons (Fsp3) is 0.524. The number of carbonyl (C=O) groups is 2. The number of methoxy groups -OCH3 is 1. The van der Waals surface area contributed by atoms with Crippen LogP contribution in [0.2, 0.25) is 0 Å². The molecule has 0 aromatic heterocycles. The number of benzene rings is 1. The van der Waals surface area contributed by atoms with Gasteiger partial charge in [0, 0.05) is 19.2 Å². The summed E-state index contributed by atoms with van der Waals surface area (Å²) in [7, 11) is 1.33. The van der Waals surface area contributed by atoms with Gasteiger partial charge in [-0.2, -0.15) is 0 Å². The molecule has 6 nitrogen and oxygen atoms in total. The molecule has 0 bridgehead atoms. The molecule has 1 rings (SSSR count). The highest BCUT2D eigenvalue weighted by atomic mass is 16.5. The number of rotatable bonds is 11. The van der Waals surface area contributed by atoms with Crippen LogP contribution in [0.15, 0.2) is 30.3 Å². The molecule has 27 heavy (non-hydrogen) atoms. The van der Waals surface area contributed by atoms with Crippen LogP contribution in [0.1, 0.15) is 37.8 Å². The van der Waals surface area contributed by atoms with Crippen LogP contribution in [0, 0.1) is 5.92 Å². The molecule has 0 fully saturated rings. The Hall–Kier alpha value is -2.18. The summed E-state index contributed by atoms with van der Waals surface area (Å²) < 4.78 is 9.98. The lowest BCUT2D eigenvalue weighted by Crippen LogP contribution is -2.38. The predicted octanol–water partition coefficient (Wildman–Crippen LogP) is 2.47. The lowest BCUT2D eigenvalue weighted by Gasteiger charge is -2.23. The Labute approximate surface area is 161 Å². The third kappa shape index (κ3) is 8.37. The highest BCUT2D eigenvalue weighted by Gasteiger charge is 2.20. The fourth-order valence-corrected chi connectivity index (χ4v) is 2.50. The van der Waals surface area contributed by atoms with Crippen molar-refractivity contribution in [1.29, 1.82) is 0 Å². The van der Waals surface area contributed by atoms with Crippen molar-refractivity contribution < 1.29 is 24.2 Å². The van der Waals surface area contributed by atoms with E-state index in [1.165, 1.54) is 18.7 Å². The van der Waals surface area contributed by atoms with Crippen molar-refractivity contribution in [1.82, 2.24) is 4.90 Å². The molecule has 1 aromatic carbocycles. The summed E-state index contributed by atoms with van der Waals surface area (Å²) >= 11 is 0. The van der Waals surface area contributed by atoms with Gasteiger partial charge in [0.25, 0.3) is 0 Å². The van der Waals surface area contributed by atoms with Crippen LogP contribution in [0.25, 0.3) is 6.08 Å². The highest BCUT2D eigenvalue weighted by molar-refractivity contribution is 5.92. The topological polar surface area (TPSA) is 76.1 Å². The van der Waals surface area contributed by atoms with E-state index in [-0.39, 0.29) is 38.2 Å². The van der Waals surface area contributed by atoms with E-state index in [1.54, 1.807) is 17.9 Å². The zero-order chi connectivity index (χ0) is 20.2. The Morgan fingerprint density at radius 1 is 1.15 bits per heavy atom. The minimum Gasteiger partial charge on any atom is -0.469 e. The quantitative estimate of drug-likeness (QED) is 0.364. The lowest BCUT2D eigenvalue weighted by molar-refractivity contribution is -0.146. The van der Waals surface area contributed by atoms with Gasteiger partial charge < -0.3 is 19.5 Å². The van der Waals surface area contributed by atoms with E-state index in [2.05, 4.69) is 26.0 Å². The molecule has 0 saturated carbocycles. The van der Waals surface area contributed by atoms with E-state index in [1.807, 2.05) is 12.1 Å². The van der Waals surface area contributed by atoms with Gasteiger partial charge in [0.2, 0.25) is 5.91 Å². The van der Waals surface area contributed by atoms with Gasteiger partial charge in [-0.3, -0.25) is 9.59 Å². The number of esters is 1. The summed E-state index contributed by atoms with van der Waals surface area (Å²) in [5.74, 6) is -0.544. The van der Waals surface area contributed by atoms with E-state index in [9.17, 15) is 9.59 Å². The van der Waals surface area contributed by atoms with E-state index in [4.69, 9.17) is 14.6 Å². The van der Waals surface area contributed by atoms with Crippen molar-refractivity contribution in [3.63, 3.8) is 0 Å². The zero-order valence-corrected chi connectivity index (χ0v) is 16.7. The molecule has 6 heteroatoms. The maximum atomic E-state index is 12.6. The molecule has 0 radical (unpaired) electrons. The Balaban J connectivity index is 2.76. The molecular formula is C21H31NO5. The lowest BCUT2D eigenvalue weighted by atomic mass is 10.0. The normalized spacial score (nSPS) is 12.4. The second-order valence-corrected chi connectivity index (χ2v) is 6.70. The number of nitrogens with zero attached hydrogens (tertiary/aromatic N) is 1. The number of carbonyl (C=O) groups excluding carboxylic acids is 2. The summed E-state index contributed by atoms with van der Waals surface area (Å²) in [5, 5.41) is 8.78. The second kappa shape index (κ2) is 12.3. The van der Waals surface area contributed by atoms with Crippen LogP contribution in [-0.4, -0.2) is 61.9 Å². The van der Waals surface area contributed by atoms with Gasteiger partial charge in [-0.1, -0.05) is 45.0 Å². The fourth-order valence-electron chi connectivity index (χ4n) is 2.50. The van der Waals surface area contributed by atoms with E-state index >= 15 is 0 Å². The molecule has 1 unspecified atom stereocenters. The third-order valence-corrected chi connectivity index (χ3v) is 4.17. The van der Waals surface area contributed by atoms with Crippen LogP contribution in [-0.2, 0) is 19.1 Å². The Kier molecular flexibility index (Phi) is 10.4. The number of aliphatic hydroxyl groups excluding tert-OH is 1. The maximum Gasteiger partial charge on any atom is 0.310 e. The van der Waals surface area contributed by atoms with E-state index in [0.717, 1.165) is 5.56 Å². The summed E-state index contributed by atoms with van der Waals surface area (Å²) in [5.41, 5.74) is 2.18. The predicted molar refractivity (Wildman–Crippen MR) is 105 cm³/mol. The molecule has 1 atom stereocenters. The number of aliphatic hydroxyl groups is 1. The average molecular weight is 377 g/mol. The van der Waals surface area contributed by atoms with Gasteiger partial charge in [0.05, 0.1) is 32.8 Å². The standard InChI is InChI=1S/C21H31NO5/c1-16(2)19-8-5-18(6-9-19)7-10-20(24)22(11-13-27-14-12-23)15-17(3)21(25)26-4/h5-10,16-17,23H,11-15H2,1-4H3/b10-7+. The first kappa shape index (κ1) is 22.9. The van der Waals surface area contributed by atoms with Crippen LogP contribution >= 0.6 is 0 Å². The molecule has 0 aliphatic heterocycles. The van der Waals surface area contributed by atoms with Gasteiger partial charge in [-0.15, -0.1) is 0 Å². The van der Waals surface area contributed by atoms with Crippen LogP contribution in [0.3, 0.4) is 0 Å². The van der Waals surface area contributed by atoms with Crippen molar-refractivity contribution in [2.75, 3.05) is 40.0 Å². The molecule has 0 aliphatic rings. The van der Waals surface area contributed by atoms with Gasteiger partial charge in [0.1, 0.15) is 0 Å². The molecule has 0 aliphatic carbocycles. The summed E-state index contributed by atoms with van der Waals surface area (Å²) in [6.07, 6.45) is 3.26. The number of hydrogen-bond donors (Lipinski definition) is 1. The highest BCUT2D eigenvalue weighted by Crippen LogP contribution is 2.15. The van der Waals surface area contributed by atoms with Crippen LogP contribution in [0.4, 0.5) is 0 Å². The van der Waals surface area contributed by atoms with Crippen molar-refractivity contribution in [2.45, 2.75) is 26.7 Å². The molecule has 0 saturated heterocycles. The largest absolute Gasteiger partial charge is 0.469 e. The third-order valence-electron chi connectivity index (χ3n) is 4.17. The molecule has 1 aromatic rings. The second-order valence-electron chi connectivity index (χ2n) is 6.70. The van der Waals surface area contributed by atoms with Crippen molar-refractivity contribution in [3.8, 4) is 0 Å². The first-order chi connectivity index (χ1) is 12.9. The monoisotopic (exact) mass is 377 g/mol. The Bertz CT molecular complexity index is 610. The Morgan fingerprint density at radius 3 is 2.37 bits per heavy atom. The van der Waals surface area contributed by atoms with Crippen molar-refractivity contribution >= 4 is 18.0 Å². The van der Waals surface area contributed by atoms with Gasteiger partial charge in [0.15, 0.2) is 0 Å². The minimum absolute atomic E-state index is 0.0706. The van der Waals surface area contributed by atoms with Crippen molar-refractivity contribution in [3.05, 3.63) is 41.5 Å². The zero-order valence-electron chi connectivity index (χ0n) is 16.7. The smallest absolute Gasteiger partial charge is 0.310 e. The van der Waals surface area contributed by atoms with Gasteiger partial charge >= 0.3 is 5.97 Å². The summed E-state index contributed by atoms with van der Waals surface area (Å²) in [6.45, 7) is 6.99. The summed E-state index contributed by atoms with van der Waals surface area (Å²) in [4.78, 5) is 25.8. The molecule has 0 heterocycles. The number of ether oxygens (including phenoxy) is 2. The number of hydrogen-bond acceptors (Lipinski definition) is 5. The van der Waals surface area contributed by atoms with Crippen molar-refractivity contribution in [2.24, 2.45) is 5.92 Å². The van der Waals surface area contributed by atoms with Gasteiger partial charge in [-0.25, -0.2) is 0 Å². The average Bonchev–Trinajstić information content (AvgIpc) is 2.67. The van der Waals surface area contributed by atoms with Crippen LogP contribution in [0.5, 0.6) is 0 Å². The molecule has 0 spiro atoms. The first-order valence-electron chi connectivity index (χ1n) is 9.22. The maximum absolute atomic E-state index is 12.6. The molecule has 1 N–H and O–H groups in total.